The molecule has 0 spiro atoms. The van der Waals surface area contributed by atoms with Crippen LogP contribution in [0.25, 0.3) is 0 Å². The van der Waals surface area contributed by atoms with Crippen molar-refractivity contribution in [3.8, 4) is 11.5 Å². The number of phenols is 1. The first-order valence-corrected chi connectivity index (χ1v) is 7.90. The smallest absolute Gasteiger partial charge is 0.255 e. The second-order valence-electron chi connectivity index (χ2n) is 5.55. The number of alkyl halides is 1. The van der Waals surface area contributed by atoms with Crippen molar-refractivity contribution in [2.75, 3.05) is 19.5 Å². The third kappa shape index (κ3) is 4.03. The monoisotopic (exact) mass is 311 g/mol. The molecule has 1 aromatic carbocycles. The number of halogens is 1. The number of carbonyl (C=O) groups is 1. The SMILES string of the molecule is COc1ccc(O)c(C(=O)NCC2CCCCC2CCl)c1. The molecule has 21 heavy (non-hydrogen) atoms. The molecule has 0 radical (unpaired) electrons. The van der Waals surface area contributed by atoms with Crippen LogP contribution < -0.4 is 10.1 Å². The van der Waals surface area contributed by atoms with Gasteiger partial charge in [0.2, 0.25) is 0 Å². The van der Waals surface area contributed by atoms with E-state index in [1.54, 1.807) is 12.1 Å². The Hall–Kier alpha value is -1.42. The van der Waals surface area contributed by atoms with Gasteiger partial charge in [0.25, 0.3) is 5.91 Å². The van der Waals surface area contributed by atoms with Crippen molar-refractivity contribution in [1.29, 1.82) is 0 Å². The third-order valence-electron chi connectivity index (χ3n) is 4.24. The number of methoxy groups -OCH3 is 1. The van der Waals surface area contributed by atoms with E-state index < -0.39 is 0 Å². The first-order chi connectivity index (χ1) is 10.2. The summed E-state index contributed by atoms with van der Waals surface area (Å²) in [5, 5.41) is 12.7. The summed E-state index contributed by atoms with van der Waals surface area (Å²) in [6, 6.07) is 4.64. The van der Waals surface area contributed by atoms with E-state index in [-0.39, 0.29) is 17.2 Å². The molecule has 0 heterocycles. The lowest BCUT2D eigenvalue weighted by Crippen LogP contribution is -2.34. The molecule has 116 valence electrons. The lowest BCUT2D eigenvalue weighted by atomic mass is 9.80. The van der Waals surface area contributed by atoms with E-state index in [1.165, 1.54) is 26.0 Å². The molecule has 1 aliphatic carbocycles. The van der Waals surface area contributed by atoms with Gasteiger partial charge < -0.3 is 15.2 Å². The minimum atomic E-state index is -0.273. The van der Waals surface area contributed by atoms with Crippen molar-refractivity contribution < 1.29 is 14.6 Å². The number of aromatic hydroxyl groups is 1. The number of carbonyl (C=O) groups excluding carboxylic acids is 1. The molecule has 0 saturated heterocycles. The minimum Gasteiger partial charge on any atom is -0.507 e. The largest absolute Gasteiger partial charge is 0.507 e. The Morgan fingerprint density at radius 3 is 2.76 bits per heavy atom. The molecular formula is C16H22ClNO3. The maximum Gasteiger partial charge on any atom is 0.255 e. The van der Waals surface area contributed by atoms with Gasteiger partial charge in [-0.1, -0.05) is 12.8 Å². The molecular weight excluding hydrogens is 290 g/mol. The summed E-state index contributed by atoms with van der Waals surface area (Å²) < 4.78 is 5.08. The quantitative estimate of drug-likeness (QED) is 0.821. The van der Waals surface area contributed by atoms with Crippen molar-refractivity contribution in [2.24, 2.45) is 11.8 Å². The highest BCUT2D eigenvalue weighted by atomic mass is 35.5. The summed E-state index contributed by atoms with van der Waals surface area (Å²) in [6.45, 7) is 0.604. The topological polar surface area (TPSA) is 58.6 Å². The zero-order chi connectivity index (χ0) is 15.2. The van der Waals surface area contributed by atoms with Crippen LogP contribution in [0.3, 0.4) is 0 Å². The summed E-state index contributed by atoms with van der Waals surface area (Å²) >= 11 is 6.00. The fraction of sp³-hybridized carbons (Fsp3) is 0.562. The maximum absolute atomic E-state index is 12.2. The first-order valence-electron chi connectivity index (χ1n) is 7.37. The number of ether oxygens (including phenoxy) is 1. The number of benzene rings is 1. The van der Waals surface area contributed by atoms with E-state index in [2.05, 4.69) is 5.32 Å². The van der Waals surface area contributed by atoms with E-state index in [9.17, 15) is 9.90 Å². The molecule has 1 amide bonds. The molecule has 2 atom stereocenters. The van der Waals surface area contributed by atoms with Gasteiger partial charge in [0.05, 0.1) is 12.7 Å². The Morgan fingerprint density at radius 1 is 1.38 bits per heavy atom. The van der Waals surface area contributed by atoms with Gasteiger partial charge in [0.1, 0.15) is 11.5 Å². The van der Waals surface area contributed by atoms with Crippen LogP contribution in [0.2, 0.25) is 0 Å². The number of hydrogen-bond donors (Lipinski definition) is 2. The highest BCUT2D eigenvalue weighted by Crippen LogP contribution is 2.30. The zero-order valence-electron chi connectivity index (χ0n) is 12.3. The summed E-state index contributed by atoms with van der Waals surface area (Å²) in [6.07, 6.45) is 4.65. The number of phenolic OH excluding ortho intramolecular Hbond substituents is 1. The minimum absolute atomic E-state index is 0.0363. The van der Waals surface area contributed by atoms with Crippen LogP contribution in [0.15, 0.2) is 18.2 Å². The van der Waals surface area contributed by atoms with Gasteiger partial charge in [-0.3, -0.25) is 4.79 Å². The summed E-state index contributed by atoms with van der Waals surface area (Å²) in [5.74, 6) is 1.78. The molecule has 0 aromatic heterocycles. The Kier molecular flexibility index (Phi) is 5.74. The molecule has 2 unspecified atom stereocenters. The maximum atomic E-state index is 12.2. The molecule has 0 bridgehead atoms. The van der Waals surface area contributed by atoms with Crippen LogP contribution in [-0.2, 0) is 0 Å². The lowest BCUT2D eigenvalue weighted by molar-refractivity contribution is 0.0933. The van der Waals surface area contributed by atoms with Crippen LogP contribution in [0, 0.1) is 11.8 Å². The molecule has 1 aliphatic rings. The highest BCUT2D eigenvalue weighted by Gasteiger charge is 2.25. The van der Waals surface area contributed by atoms with Crippen LogP contribution in [0.4, 0.5) is 0 Å². The number of rotatable bonds is 5. The molecule has 1 saturated carbocycles. The standard InChI is InChI=1S/C16H22ClNO3/c1-21-13-6-7-15(19)14(8-13)16(20)18-10-12-5-3-2-4-11(12)9-17/h6-8,11-12,19H,2-5,9-10H2,1H3,(H,18,20). The van der Waals surface area contributed by atoms with Crippen molar-refractivity contribution in [3.05, 3.63) is 23.8 Å². The molecule has 4 nitrogen and oxygen atoms in total. The second kappa shape index (κ2) is 7.55. The van der Waals surface area contributed by atoms with Crippen molar-refractivity contribution >= 4 is 17.5 Å². The summed E-state index contributed by atoms with van der Waals surface area (Å²) in [7, 11) is 1.53. The fourth-order valence-corrected chi connectivity index (χ4v) is 3.31. The van der Waals surface area contributed by atoms with Gasteiger partial charge in [-0.25, -0.2) is 0 Å². The lowest BCUT2D eigenvalue weighted by Gasteiger charge is -2.30. The molecule has 2 N–H and O–H groups in total. The van der Waals surface area contributed by atoms with Crippen LogP contribution in [-0.4, -0.2) is 30.5 Å². The summed E-state index contributed by atoms with van der Waals surface area (Å²) in [5.41, 5.74) is 0.243. The van der Waals surface area contributed by atoms with Crippen molar-refractivity contribution in [1.82, 2.24) is 5.32 Å². The van der Waals surface area contributed by atoms with Crippen LogP contribution >= 0.6 is 11.6 Å². The third-order valence-corrected chi connectivity index (χ3v) is 4.63. The second-order valence-corrected chi connectivity index (χ2v) is 5.86. The van der Waals surface area contributed by atoms with Gasteiger partial charge in [-0.05, 0) is 42.9 Å². The molecule has 2 rings (SSSR count). The van der Waals surface area contributed by atoms with Gasteiger partial charge >= 0.3 is 0 Å². The van der Waals surface area contributed by atoms with Crippen LogP contribution in [0.5, 0.6) is 11.5 Å². The van der Waals surface area contributed by atoms with Gasteiger partial charge in [0, 0.05) is 12.4 Å². The number of hydrogen-bond acceptors (Lipinski definition) is 3. The van der Waals surface area contributed by atoms with Crippen molar-refractivity contribution in [2.45, 2.75) is 25.7 Å². The van der Waals surface area contributed by atoms with E-state index >= 15 is 0 Å². The van der Waals surface area contributed by atoms with E-state index in [1.807, 2.05) is 0 Å². The van der Waals surface area contributed by atoms with Crippen LogP contribution in [0.1, 0.15) is 36.0 Å². The zero-order valence-corrected chi connectivity index (χ0v) is 13.0. The Labute approximate surface area is 130 Å². The van der Waals surface area contributed by atoms with E-state index in [0.29, 0.717) is 30.0 Å². The Bertz CT molecular complexity index is 492. The van der Waals surface area contributed by atoms with Gasteiger partial charge in [0.15, 0.2) is 0 Å². The van der Waals surface area contributed by atoms with Crippen molar-refractivity contribution in [3.63, 3.8) is 0 Å². The van der Waals surface area contributed by atoms with Gasteiger partial charge in [-0.15, -0.1) is 11.6 Å². The molecule has 5 heteroatoms. The first kappa shape index (κ1) is 16.0. The Morgan fingerprint density at radius 2 is 2.10 bits per heavy atom. The fourth-order valence-electron chi connectivity index (χ4n) is 2.90. The molecule has 1 fully saturated rings. The van der Waals surface area contributed by atoms with Gasteiger partial charge in [-0.2, -0.15) is 0 Å². The molecule has 1 aromatic rings. The van der Waals surface area contributed by atoms with E-state index in [0.717, 1.165) is 12.8 Å². The normalized spacial score (nSPS) is 21.8. The average Bonchev–Trinajstić information content (AvgIpc) is 2.53. The van der Waals surface area contributed by atoms with E-state index in [4.69, 9.17) is 16.3 Å². The Balaban J connectivity index is 1.98. The predicted octanol–water partition coefficient (Wildman–Crippen LogP) is 3.18. The highest BCUT2D eigenvalue weighted by molar-refractivity contribution is 6.18. The predicted molar refractivity (Wildman–Crippen MR) is 83.2 cm³/mol. The average molecular weight is 312 g/mol. The number of amides is 1. The molecule has 0 aliphatic heterocycles. The summed E-state index contributed by atoms with van der Waals surface area (Å²) in [4.78, 5) is 12.2. The number of nitrogens with one attached hydrogen (secondary N) is 1.